The van der Waals surface area contributed by atoms with Gasteiger partial charge in [-0.15, -0.1) is 0 Å². The van der Waals surface area contributed by atoms with Crippen molar-refractivity contribution in [3.63, 3.8) is 0 Å². The third kappa shape index (κ3) is 2.90. The van der Waals surface area contributed by atoms with E-state index in [1.54, 1.807) is 7.05 Å². The molecule has 0 radical (unpaired) electrons. The third-order valence-corrected chi connectivity index (χ3v) is 3.83. The van der Waals surface area contributed by atoms with Gasteiger partial charge in [0.25, 0.3) is 5.91 Å². The number of halogens is 1. The molecule has 21 heavy (non-hydrogen) atoms. The van der Waals surface area contributed by atoms with Gasteiger partial charge in [0.15, 0.2) is 0 Å². The van der Waals surface area contributed by atoms with Gasteiger partial charge in [0, 0.05) is 25.2 Å². The lowest BCUT2D eigenvalue weighted by molar-refractivity contribution is -0.118. The number of rotatable bonds is 3. The molecular formula is C15H20FN3O2. The first-order chi connectivity index (χ1) is 9.82. The van der Waals surface area contributed by atoms with Crippen LogP contribution >= 0.6 is 0 Å². The van der Waals surface area contributed by atoms with Gasteiger partial charge in [-0.25, -0.2) is 4.39 Å². The molecule has 1 aromatic rings. The second kappa shape index (κ2) is 5.81. The molecule has 0 aliphatic carbocycles. The van der Waals surface area contributed by atoms with Gasteiger partial charge < -0.3 is 15.5 Å². The number of amides is 2. The summed E-state index contributed by atoms with van der Waals surface area (Å²) in [6.45, 7) is 4.16. The van der Waals surface area contributed by atoms with Crippen molar-refractivity contribution in [2.24, 2.45) is 5.73 Å². The summed E-state index contributed by atoms with van der Waals surface area (Å²) in [7, 11) is 1.67. The summed E-state index contributed by atoms with van der Waals surface area (Å²) >= 11 is 0. The fourth-order valence-electron chi connectivity index (χ4n) is 2.24. The van der Waals surface area contributed by atoms with Crippen LogP contribution in [0, 0.1) is 5.82 Å². The fraction of sp³-hybridized carbons (Fsp3) is 0.467. The van der Waals surface area contributed by atoms with E-state index in [-0.39, 0.29) is 29.1 Å². The van der Waals surface area contributed by atoms with Crippen molar-refractivity contribution in [2.75, 3.05) is 18.5 Å². The number of benzene rings is 1. The predicted molar refractivity (Wildman–Crippen MR) is 78.6 cm³/mol. The van der Waals surface area contributed by atoms with Crippen LogP contribution in [0.4, 0.5) is 10.1 Å². The highest BCUT2D eigenvalue weighted by Gasteiger charge is 2.31. The molecule has 1 aliphatic heterocycles. The second-order valence-corrected chi connectivity index (χ2v) is 5.56. The zero-order chi connectivity index (χ0) is 15.7. The quantitative estimate of drug-likeness (QED) is 0.915. The Morgan fingerprint density at radius 3 is 2.62 bits per heavy atom. The van der Waals surface area contributed by atoms with Crippen LogP contribution in [0.2, 0.25) is 0 Å². The van der Waals surface area contributed by atoms with Crippen LogP contribution in [0.25, 0.3) is 0 Å². The van der Waals surface area contributed by atoms with E-state index < -0.39 is 11.9 Å². The maximum Gasteiger partial charge on any atom is 0.253 e. The van der Waals surface area contributed by atoms with Crippen molar-refractivity contribution in [3.05, 3.63) is 29.6 Å². The first kappa shape index (κ1) is 15.4. The molecule has 1 aromatic carbocycles. The monoisotopic (exact) mass is 293 g/mol. The molecule has 0 saturated carbocycles. The molecule has 114 valence electrons. The largest absolute Gasteiger partial charge is 0.339 e. The molecule has 2 rings (SSSR count). The Kier molecular flexibility index (Phi) is 4.27. The molecule has 0 unspecified atom stereocenters. The molecule has 1 aliphatic rings. The summed E-state index contributed by atoms with van der Waals surface area (Å²) in [6, 6.07) is 3.63. The third-order valence-electron chi connectivity index (χ3n) is 3.83. The van der Waals surface area contributed by atoms with Gasteiger partial charge in [-0.2, -0.15) is 0 Å². The minimum atomic E-state index is -0.583. The summed E-state index contributed by atoms with van der Waals surface area (Å²) in [5, 5.41) is 0. The van der Waals surface area contributed by atoms with E-state index >= 15 is 0 Å². The standard InChI is InChI=1S/C15H20FN3O2/c1-9(2)18(3)14(20)10-4-5-13(11(16)8-10)19-7-6-12(17)15(19)21/h4-5,8-9,12H,6-7,17H2,1-3H3/t12-/m0/s1. The summed E-state index contributed by atoms with van der Waals surface area (Å²) in [6.07, 6.45) is 0.509. The van der Waals surface area contributed by atoms with Gasteiger partial charge in [-0.05, 0) is 38.5 Å². The lowest BCUT2D eigenvalue weighted by Gasteiger charge is -2.22. The highest BCUT2D eigenvalue weighted by Crippen LogP contribution is 2.25. The SMILES string of the molecule is CC(C)N(C)C(=O)c1ccc(N2CC[C@H](N)C2=O)c(F)c1. The number of nitrogens with zero attached hydrogens (tertiary/aromatic N) is 2. The molecule has 1 atom stereocenters. The van der Waals surface area contributed by atoms with Crippen molar-refractivity contribution >= 4 is 17.5 Å². The number of hydrogen-bond acceptors (Lipinski definition) is 3. The molecule has 1 heterocycles. The molecule has 1 saturated heterocycles. The molecule has 2 amide bonds. The molecular weight excluding hydrogens is 273 g/mol. The van der Waals surface area contributed by atoms with Crippen molar-refractivity contribution in [1.82, 2.24) is 4.90 Å². The zero-order valence-corrected chi connectivity index (χ0v) is 12.5. The summed E-state index contributed by atoms with van der Waals surface area (Å²) < 4.78 is 14.2. The molecule has 1 fully saturated rings. The van der Waals surface area contributed by atoms with E-state index in [4.69, 9.17) is 5.73 Å². The Labute approximate surface area is 123 Å². The summed E-state index contributed by atoms with van der Waals surface area (Å²) in [5.74, 6) is -1.12. The highest BCUT2D eigenvalue weighted by atomic mass is 19.1. The molecule has 0 bridgehead atoms. The van der Waals surface area contributed by atoms with E-state index in [1.165, 1.54) is 28.0 Å². The number of anilines is 1. The van der Waals surface area contributed by atoms with Gasteiger partial charge in [0.2, 0.25) is 5.91 Å². The van der Waals surface area contributed by atoms with Gasteiger partial charge in [-0.1, -0.05) is 0 Å². The maximum absolute atomic E-state index is 14.2. The number of nitrogens with two attached hydrogens (primary N) is 1. The Hall–Kier alpha value is -1.95. The minimum Gasteiger partial charge on any atom is -0.339 e. The van der Waals surface area contributed by atoms with E-state index in [0.29, 0.717) is 13.0 Å². The van der Waals surface area contributed by atoms with Crippen molar-refractivity contribution < 1.29 is 14.0 Å². The normalized spacial score (nSPS) is 18.5. The van der Waals surface area contributed by atoms with E-state index in [9.17, 15) is 14.0 Å². The first-order valence-corrected chi connectivity index (χ1v) is 6.96. The van der Waals surface area contributed by atoms with Gasteiger partial charge >= 0.3 is 0 Å². The Bertz CT molecular complexity index is 574. The van der Waals surface area contributed by atoms with Crippen LogP contribution in [-0.4, -0.2) is 42.4 Å². The van der Waals surface area contributed by atoms with E-state index in [1.807, 2.05) is 13.8 Å². The molecule has 6 heteroatoms. The Morgan fingerprint density at radius 1 is 1.48 bits per heavy atom. The van der Waals surface area contributed by atoms with E-state index in [0.717, 1.165) is 0 Å². The smallest absolute Gasteiger partial charge is 0.253 e. The lowest BCUT2D eigenvalue weighted by atomic mass is 10.1. The molecule has 5 nitrogen and oxygen atoms in total. The zero-order valence-electron chi connectivity index (χ0n) is 12.5. The number of hydrogen-bond donors (Lipinski definition) is 1. The topological polar surface area (TPSA) is 66.6 Å². The minimum absolute atomic E-state index is 0.0263. The van der Waals surface area contributed by atoms with Crippen LogP contribution < -0.4 is 10.6 Å². The maximum atomic E-state index is 14.2. The van der Waals surface area contributed by atoms with Crippen molar-refractivity contribution in [3.8, 4) is 0 Å². The van der Waals surface area contributed by atoms with Crippen molar-refractivity contribution in [1.29, 1.82) is 0 Å². The van der Waals surface area contributed by atoms with E-state index in [2.05, 4.69) is 0 Å². The van der Waals surface area contributed by atoms with Crippen LogP contribution in [0.5, 0.6) is 0 Å². The average Bonchev–Trinajstić information content (AvgIpc) is 2.77. The number of carbonyl (C=O) groups is 2. The first-order valence-electron chi connectivity index (χ1n) is 6.96. The van der Waals surface area contributed by atoms with Crippen LogP contribution in [0.3, 0.4) is 0 Å². The fourth-order valence-corrected chi connectivity index (χ4v) is 2.24. The Balaban J connectivity index is 2.26. The van der Waals surface area contributed by atoms with Gasteiger partial charge in [0.1, 0.15) is 5.82 Å². The summed E-state index contributed by atoms with van der Waals surface area (Å²) in [4.78, 5) is 26.8. The van der Waals surface area contributed by atoms with Crippen LogP contribution in [-0.2, 0) is 4.79 Å². The molecule has 2 N–H and O–H groups in total. The average molecular weight is 293 g/mol. The van der Waals surface area contributed by atoms with Gasteiger partial charge in [-0.3, -0.25) is 9.59 Å². The van der Waals surface area contributed by atoms with Crippen LogP contribution in [0.15, 0.2) is 18.2 Å². The van der Waals surface area contributed by atoms with Gasteiger partial charge in [0.05, 0.1) is 11.7 Å². The number of carbonyl (C=O) groups excluding carboxylic acids is 2. The highest BCUT2D eigenvalue weighted by molar-refractivity contribution is 6.00. The van der Waals surface area contributed by atoms with Crippen molar-refractivity contribution in [2.45, 2.75) is 32.4 Å². The second-order valence-electron chi connectivity index (χ2n) is 5.56. The predicted octanol–water partition coefficient (Wildman–Crippen LogP) is 1.37. The molecule has 0 spiro atoms. The summed E-state index contributed by atoms with van der Waals surface area (Å²) in [5.41, 5.74) is 6.08. The molecule has 0 aromatic heterocycles. The Morgan fingerprint density at radius 2 is 2.14 bits per heavy atom. The lowest BCUT2D eigenvalue weighted by Crippen LogP contribution is -2.35. The van der Waals surface area contributed by atoms with Crippen LogP contribution in [0.1, 0.15) is 30.6 Å².